The number of fused-ring (bicyclic) bond motifs is 1. The average molecular weight is 520 g/mol. The van der Waals surface area contributed by atoms with Crippen LogP contribution in [0.25, 0.3) is 10.9 Å². The second-order valence-corrected chi connectivity index (χ2v) is 8.27. The first-order valence-electron chi connectivity index (χ1n) is 11.3. The first-order chi connectivity index (χ1) is 17.5. The maximum atomic E-state index is 12.5. The van der Waals surface area contributed by atoms with Crippen molar-refractivity contribution in [1.82, 2.24) is 20.9 Å². The van der Waals surface area contributed by atoms with Gasteiger partial charge >= 0.3 is 17.9 Å². The fourth-order valence-electron chi connectivity index (χ4n) is 3.51. The van der Waals surface area contributed by atoms with Crippen LogP contribution in [0.15, 0.2) is 30.5 Å². The molecule has 0 fully saturated rings. The van der Waals surface area contributed by atoms with E-state index in [1.807, 2.05) is 24.3 Å². The van der Waals surface area contributed by atoms with Crippen molar-refractivity contribution in [3.05, 3.63) is 36.0 Å². The number of rotatable bonds is 15. The number of amides is 3. The van der Waals surface area contributed by atoms with Gasteiger partial charge in [-0.25, -0.2) is 4.79 Å². The summed E-state index contributed by atoms with van der Waals surface area (Å²) in [6, 6.07) is 3.47. The molecule has 2 aromatic rings. The summed E-state index contributed by atoms with van der Waals surface area (Å²) in [5.74, 6) is -6.49. The molecule has 14 heteroatoms. The highest BCUT2D eigenvalue weighted by Gasteiger charge is 2.27. The number of hydrogen-bond donors (Lipinski definition) is 8. The van der Waals surface area contributed by atoms with Gasteiger partial charge in [-0.05, 0) is 30.9 Å². The number of carbonyl (C=O) groups is 6. The summed E-state index contributed by atoms with van der Waals surface area (Å²) < 4.78 is 0. The van der Waals surface area contributed by atoms with Crippen LogP contribution < -0.4 is 21.7 Å². The Hall–Kier alpha value is -4.46. The lowest BCUT2D eigenvalue weighted by atomic mass is 10.1. The molecule has 0 bridgehead atoms. The molecule has 3 atom stereocenters. The normalized spacial score (nSPS) is 13.2. The number of benzene rings is 1. The van der Waals surface area contributed by atoms with Gasteiger partial charge in [-0.15, -0.1) is 0 Å². The van der Waals surface area contributed by atoms with E-state index < -0.39 is 79.6 Å². The third kappa shape index (κ3) is 9.25. The Balaban J connectivity index is 1.94. The van der Waals surface area contributed by atoms with Gasteiger partial charge in [-0.3, -0.25) is 24.0 Å². The second-order valence-electron chi connectivity index (χ2n) is 8.27. The van der Waals surface area contributed by atoms with E-state index in [-0.39, 0.29) is 12.8 Å². The highest BCUT2D eigenvalue weighted by atomic mass is 16.4. The van der Waals surface area contributed by atoms with Gasteiger partial charge in [0.05, 0.1) is 12.6 Å². The minimum atomic E-state index is -1.56. The summed E-state index contributed by atoms with van der Waals surface area (Å²) in [5, 5.41) is 34.5. The Labute approximate surface area is 210 Å². The lowest BCUT2D eigenvalue weighted by Gasteiger charge is -2.21. The van der Waals surface area contributed by atoms with Gasteiger partial charge in [0.2, 0.25) is 17.7 Å². The van der Waals surface area contributed by atoms with Crippen molar-refractivity contribution in [1.29, 1.82) is 0 Å². The van der Waals surface area contributed by atoms with E-state index in [0.717, 1.165) is 16.5 Å². The molecule has 3 amide bonds. The van der Waals surface area contributed by atoms with Gasteiger partial charge in [0.25, 0.3) is 0 Å². The molecule has 1 heterocycles. The van der Waals surface area contributed by atoms with Crippen LogP contribution in [0.2, 0.25) is 0 Å². The molecule has 3 unspecified atom stereocenters. The molecule has 0 aliphatic heterocycles. The number of hydrogen-bond acceptors (Lipinski definition) is 7. The molecule has 0 aliphatic rings. The molecule has 0 aliphatic carbocycles. The van der Waals surface area contributed by atoms with Crippen LogP contribution in [0.3, 0.4) is 0 Å². The maximum Gasteiger partial charge on any atom is 0.326 e. The summed E-state index contributed by atoms with van der Waals surface area (Å²) in [5.41, 5.74) is 7.65. The second kappa shape index (κ2) is 13.6. The van der Waals surface area contributed by atoms with Gasteiger partial charge in [0.15, 0.2) is 0 Å². The van der Waals surface area contributed by atoms with Crippen molar-refractivity contribution in [3.8, 4) is 0 Å². The predicted molar refractivity (Wildman–Crippen MR) is 128 cm³/mol. The highest BCUT2D eigenvalue weighted by molar-refractivity contribution is 5.93. The number of H-pyrrole nitrogens is 1. The number of carbonyl (C=O) groups excluding carboxylic acids is 3. The molecule has 14 nitrogen and oxygen atoms in total. The van der Waals surface area contributed by atoms with Crippen molar-refractivity contribution >= 4 is 46.5 Å². The zero-order valence-corrected chi connectivity index (χ0v) is 19.7. The van der Waals surface area contributed by atoms with E-state index in [9.17, 15) is 33.9 Å². The van der Waals surface area contributed by atoms with Crippen molar-refractivity contribution < 1.29 is 44.1 Å². The minimum absolute atomic E-state index is 0.189. The third-order valence-corrected chi connectivity index (χ3v) is 5.43. The minimum Gasteiger partial charge on any atom is -0.481 e. The number of nitrogens with one attached hydrogen (secondary N) is 4. The van der Waals surface area contributed by atoms with Gasteiger partial charge in [-0.2, -0.15) is 0 Å². The number of nitrogens with two attached hydrogens (primary N) is 1. The molecule has 0 radical (unpaired) electrons. The van der Waals surface area contributed by atoms with Gasteiger partial charge in [-0.1, -0.05) is 18.2 Å². The van der Waals surface area contributed by atoms with E-state index in [1.54, 1.807) is 6.20 Å². The number of carboxylic acid groups (broad SMARTS) is 3. The highest BCUT2D eigenvalue weighted by Crippen LogP contribution is 2.18. The van der Waals surface area contributed by atoms with Crippen molar-refractivity contribution in [2.45, 2.75) is 50.2 Å². The molecular formula is C23H29N5O9. The first-order valence-corrected chi connectivity index (χ1v) is 11.3. The number of aromatic amines is 1. The van der Waals surface area contributed by atoms with E-state index in [2.05, 4.69) is 20.9 Å². The molecule has 2 rings (SSSR count). The predicted octanol–water partition coefficient (Wildman–Crippen LogP) is -1.06. The molecule has 37 heavy (non-hydrogen) atoms. The zero-order valence-electron chi connectivity index (χ0n) is 19.7. The number of aliphatic carboxylic acids is 3. The number of carboxylic acids is 3. The average Bonchev–Trinajstić information content (AvgIpc) is 3.24. The van der Waals surface area contributed by atoms with Crippen LogP contribution in [0.4, 0.5) is 0 Å². The molecule has 0 saturated carbocycles. The SMILES string of the molecule is NC(Cc1c[nH]c2ccccc12)C(=O)NCC(=O)NC(CCC(=O)O)C(=O)NC(CCC(=O)O)C(=O)O. The van der Waals surface area contributed by atoms with Crippen molar-refractivity contribution in [3.63, 3.8) is 0 Å². The van der Waals surface area contributed by atoms with Crippen LogP contribution in [0.5, 0.6) is 0 Å². The number of para-hydroxylation sites is 1. The Kier molecular flexibility index (Phi) is 10.6. The fourth-order valence-corrected chi connectivity index (χ4v) is 3.51. The van der Waals surface area contributed by atoms with Gasteiger partial charge in [0, 0.05) is 29.9 Å². The van der Waals surface area contributed by atoms with Crippen LogP contribution in [0, 0.1) is 0 Å². The van der Waals surface area contributed by atoms with Crippen LogP contribution >= 0.6 is 0 Å². The summed E-state index contributed by atoms with van der Waals surface area (Å²) in [6.07, 6.45) is 0.0823. The Morgan fingerprint density at radius 2 is 1.49 bits per heavy atom. The standard InChI is InChI=1S/C23H29N5O9/c24-14(9-12-10-25-15-4-2-1-3-13(12)15)21(34)26-11-18(29)27-16(5-7-19(30)31)22(35)28-17(23(36)37)6-8-20(32)33/h1-4,10,14,16-17,25H,5-9,11,24H2,(H,26,34)(H,27,29)(H,28,35)(H,30,31)(H,32,33)(H,36,37). The summed E-state index contributed by atoms with van der Waals surface area (Å²) in [7, 11) is 0. The molecule has 200 valence electrons. The Morgan fingerprint density at radius 3 is 2.11 bits per heavy atom. The van der Waals surface area contributed by atoms with Crippen molar-refractivity contribution in [2.75, 3.05) is 6.54 Å². The molecule has 1 aromatic carbocycles. The maximum absolute atomic E-state index is 12.5. The van der Waals surface area contributed by atoms with E-state index >= 15 is 0 Å². The summed E-state index contributed by atoms with van der Waals surface area (Å²) in [4.78, 5) is 73.4. The molecule has 1 aromatic heterocycles. The van der Waals surface area contributed by atoms with Gasteiger partial charge in [0.1, 0.15) is 12.1 Å². The smallest absolute Gasteiger partial charge is 0.326 e. The molecule has 0 saturated heterocycles. The Morgan fingerprint density at radius 1 is 0.865 bits per heavy atom. The van der Waals surface area contributed by atoms with Crippen molar-refractivity contribution in [2.24, 2.45) is 5.73 Å². The van der Waals surface area contributed by atoms with Crippen LogP contribution in [-0.4, -0.2) is 80.6 Å². The quantitative estimate of drug-likeness (QED) is 0.142. The summed E-state index contributed by atoms with van der Waals surface area (Å²) >= 11 is 0. The topological polar surface area (TPSA) is 241 Å². The molecule has 9 N–H and O–H groups in total. The fraction of sp³-hybridized carbons (Fsp3) is 0.391. The van der Waals surface area contributed by atoms with E-state index in [4.69, 9.17) is 15.9 Å². The Bertz CT molecular complexity index is 1160. The zero-order chi connectivity index (χ0) is 27.5. The largest absolute Gasteiger partial charge is 0.481 e. The summed E-state index contributed by atoms with van der Waals surface area (Å²) in [6.45, 7) is -0.571. The lowest BCUT2D eigenvalue weighted by Crippen LogP contribution is -2.54. The number of aromatic nitrogens is 1. The van der Waals surface area contributed by atoms with Crippen LogP contribution in [-0.2, 0) is 35.2 Å². The molecule has 0 spiro atoms. The van der Waals surface area contributed by atoms with Gasteiger partial charge < -0.3 is 42.0 Å². The van der Waals surface area contributed by atoms with Crippen LogP contribution in [0.1, 0.15) is 31.2 Å². The third-order valence-electron chi connectivity index (χ3n) is 5.43. The lowest BCUT2D eigenvalue weighted by molar-refractivity contribution is -0.144. The molecular weight excluding hydrogens is 490 g/mol. The van der Waals surface area contributed by atoms with E-state index in [1.165, 1.54) is 0 Å². The van der Waals surface area contributed by atoms with E-state index in [0.29, 0.717) is 0 Å². The first kappa shape index (κ1) is 28.8. The monoisotopic (exact) mass is 519 g/mol.